The van der Waals surface area contributed by atoms with E-state index in [9.17, 15) is 5.11 Å². The van der Waals surface area contributed by atoms with Crippen LogP contribution in [-0.4, -0.2) is 49.0 Å². The third kappa shape index (κ3) is 1.77. The van der Waals surface area contributed by atoms with Gasteiger partial charge in [0, 0.05) is 23.4 Å². The number of aliphatic hydroxyl groups is 1. The zero-order valence-corrected chi connectivity index (χ0v) is 13.3. The molecular formula is C18H23NO3. The number of likely N-dealkylation sites (N-methyl/N-ethyl adjacent to an activating group) is 1. The second-order valence-electron chi connectivity index (χ2n) is 6.58. The third-order valence-corrected chi connectivity index (χ3v) is 5.63. The van der Waals surface area contributed by atoms with Gasteiger partial charge in [0.2, 0.25) is 0 Å². The summed E-state index contributed by atoms with van der Waals surface area (Å²) in [6.45, 7) is 3.22. The molecule has 1 aromatic rings. The molecule has 1 aliphatic heterocycles. The van der Waals surface area contributed by atoms with Crippen LogP contribution in [0.15, 0.2) is 24.3 Å². The Bertz CT molecular complexity index is 627. The first kappa shape index (κ1) is 14.1. The van der Waals surface area contributed by atoms with Gasteiger partial charge in [0.1, 0.15) is 12.2 Å². The standard InChI is InChI=1S/C18H23NO3/c1-4-19(2)12-9-10-5-8-14(21-3)18-15(10)16-11(12)6-7-13(20)17(16)22-18/h5-8,11-13,16-17,20H,4,9H2,1-3H3/t11-,12+,13-,16?,17-/m0/s1. The van der Waals surface area contributed by atoms with Crippen LogP contribution < -0.4 is 9.47 Å². The molecule has 0 aromatic heterocycles. The SMILES string of the molecule is CCN(C)[C@@H]1Cc2ccc(OC)c3c2C2[C@H]1C=C[C@H](O)[C@@H]2O3. The number of benzene rings is 1. The molecule has 1 unspecified atom stereocenters. The van der Waals surface area contributed by atoms with Gasteiger partial charge in [0.25, 0.3) is 0 Å². The van der Waals surface area contributed by atoms with Gasteiger partial charge in [0.05, 0.1) is 7.11 Å². The van der Waals surface area contributed by atoms with Gasteiger partial charge in [0.15, 0.2) is 11.5 Å². The molecule has 2 aliphatic carbocycles. The van der Waals surface area contributed by atoms with Crippen LogP contribution in [-0.2, 0) is 6.42 Å². The topological polar surface area (TPSA) is 41.9 Å². The highest BCUT2D eigenvalue weighted by atomic mass is 16.5. The number of nitrogens with zero attached hydrogens (tertiary/aromatic N) is 1. The monoisotopic (exact) mass is 301 g/mol. The van der Waals surface area contributed by atoms with Gasteiger partial charge >= 0.3 is 0 Å². The first-order valence-corrected chi connectivity index (χ1v) is 8.08. The Labute approximate surface area is 131 Å². The molecule has 1 heterocycles. The zero-order valence-electron chi connectivity index (χ0n) is 13.3. The van der Waals surface area contributed by atoms with Gasteiger partial charge in [-0.25, -0.2) is 0 Å². The maximum Gasteiger partial charge on any atom is 0.165 e. The highest BCUT2D eigenvalue weighted by Gasteiger charge is 2.51. The lowest BCUT2D eigenvalue weighted by Gasteiger charge is -2.43. The summed E-state index contributed by atoms with van der Waals surface area (Å²) in [5.74, 6) is 2.24. The number of methoxy groups -OCH3 is 1. The van der Waals surface area contributed by atoms with E-state index in [0.29, 0.717) is 12.0 Å². The van der Waals surface area contributed by atoms with Crippen LogP contribution in [0.25, 0.3) is 0 Å². The summed E-state index contributed by atoms with van der Waals surface area (Å²) in [5, 5.41) is 10.4. The second-order valence-corrected chi connectivity index (χ2v) is 6.58. The van der Waals surface area contributed by atoms with Crippen molar-refractivity contribution in [3.05, 3.63) is 35.4 Å². The van der Waals surface area contributed by atoms with Crippen LogP contribution in [0.4, 0.5) is 0 Å². The molecule has 1 N–H and O–H groups in total. The first-order valence-electron chi connectivity index (χ1n) is 8.08. The average molecular weight is 301 g/mol. The van der Waals surface area contributed by atoms with Gasteiger partial charge in [-0.05, 0) is 31.6 Å². The molecule has 0 spiro atoms. The minimum Gasteiger partial charge on any atom is -0.493 e. The predicted molar refractivity (Wildman–Crippen MR) is 84.6 cm³/mol. The Morgan fingerprint density at radius 2 is 2.18 bits per heavy atom. The van der Waals surface area contributed by atoms with Crippen LogP contribution in [0.5, 0.6) is 11.5 Å². The Hall–Kier alpha value is -1.52. The van der Waals surface area contributed by atoms with E-state index in [2.05, 4.69) is 31.0 Å². The minimum atomic E-state index is -0.545. The molecule has 0 amide bonds. The summed E-state index contributed by atoms with van der Waals surface area (Å²) >= 11 is 0. The number of ether oxygens (including phenoxy) is 2. The molecule has 0 bridgehead atoms. The van der Waals surface area contributed by atoms with Crippen LogP contribution in [0.1, 0.15) is 24.0 Å². The van der Waals surface area contributed by atoms with Gasteiger partial charge < -0.3 is 19.5 Å². The molecule has 5 atom stereocenters. The Balaban J connectivity index is 1.87. The van der Waals surface area contributed by atoms with E-state index in [-0.39, 0.29) is 12.0 Å². The van der Waals surface area contributed by atoms with Crippen molar-refractivity contribution in [2.24, 2.45) is 5.92 Å². The maximum atomic E-state index is 10.4. The summed E-state index contributed by atoms with van der Waals surface area (Å²) in [7, 11) is 3.86. The number of hydrogen-bond acceptors (Lipinski definition) is 4. The lowest BCUT2D eigenvalue weighted by atomic mass is 9.67. The van der Waals surface area contributed by atoms with Crippen molar-refractivity contribution in [1.82, 2.24) is 4.90 Å². The molecular weight excluding hydrogens is 278 g/mol. The lowest BCUT2D eigenvalue weighted by Crippen LogP contribution is -2.49. The molecule has 1 aromatic carbocycles. The number of aliphatic hydroxyl groups excluding tert-OH is 1. The molecule has 0 radical (unpaired) electrons. The van der Waals surface area contributed by atoms with Crippen LogP contribution in [0.3, 0.4) is 0 Å². The van der Waals surface area contributed by atoms with Gasteiger partial charge in [-0.15, -0.1) is 0 Å². The van der Waals surface area contributed by atoms with Crippen molar-refractivity contribution < 1.29 is 14.6 Å². The summed E-state index contributed by atoms with van der Waals surface area (Å²) < 4.78 is 11.6. The van der Waals surface area contributed by atoms with Crippen molar-refractivity contribution in [2.75, 3.05) is 20.7 Å². The van der Waals surface area contributed by atoms with Crippen molar-refractivity contribution in [3.63, 3.8) is 0 Å². The highest BCUT2D eigenvalue weighted by molar-refractivity contribution is 5.58. The summed E-state index contributed by atoms with van der Waals surface area (Å²) in [4.78, 5) is 2.41. The Morgan fingerprint density at radius 3 is 2.91 bits per heavy atom. The van der Waals surface area contributed by atoms with Gasteiger partial charge in [-0.3, -0.25) is 0 Å². The van der Waals surface area contributed by atoms with E-state index in [1.54, 1.807) is 7.11 Å². The fourth-order valence-corrected chi connectivity index (χ4v) is 4.40. The van der Waals surface area contributed by atoms with E-state index in [0.717, 1.165) is 24.5 Å². The predicted octanol–water partition coefficient (Wildman–Crippen LogP) is 1.96. The molecule has 0 saturated heterocycles. The summed E-state index contributed by atoms with van der Waals surface area (Å²) in [6, 6.07) is 4.62. The van der Waals surface area contributed by atoms with E-state index in [1.165, 1.54) is 11.1 Å². The molecule has 4 rings (SSSR count). The quantitative estimate of drug-likeness (QED) is 0.867. The fraction of sp³-hybridized carbons (Fsp3) is 0.556. The molecule has 0 saturated carbocycles. The normalized spacial score (nSPS) is 34.5. The molecule has 3 aliphatic rings. The van der Waals surface area contributed by atoms with Crippen LogP contribution in [0.2, 0.25) is 0 Å². The number of rotatable bonds is 3. The van der Waals surface area contributed by atoms with E-state index in [4.69, 9.17) is 9.47 Å². The highest BCUT2D eigenvalue weighted by Crippen LogP contribution is 2.55. The van der Waals surface area contributed by atoms with E-state index < -0.39 is 6.10 Å². The van der Waals surface area contributed by atoms with Crippen LogP contribution in [0, 0.1) is 5.92 Å². The van der Waals surface area contributed by atoms with Crippen molar-refractivity contribution >= 4 is 0 Å². The largest absolute Gasteiger partial charge is 0.493 e. The van der Waals surface area contributed by atoms with Crippen molar-refractivity contribution in [2.45, 2.75) is 37.5 Å². The van der Waals surface area contributed by atoms with Gasteiger partial charge in [-0.1, -0.05) is 25.1 Å². The number of hydrogen-bond donors (Lipinski definition) is 1. The maximum absolute atomic E-state index is 10.4. The average Bonchev–Trinajstić information content (AvgIpc) is 2.95. The zero-order chi connectivity index (χ0) is 15.4. The third-order valence-electron chi connectivity index (χ3n) is 5.63. The van der Waals surface area contributed by atoms with Crippen LogP contribution >= 0.6 is 0 Å². The fourth-order valence-electron chi connectivity index (χ4n) is 4.40. The summed E-state index contributed by atoms with van der Waals surface area (Å²) in [5.41, 5.74) is 2.60. The molecule has 118 valence electrons. The molecule has 22 heavy (non-hydrogen) atoms. The van der Waals surface area contributed by atoms with Gasteiger partial charge in [-0.2, -0.15) is 0 Å². The smallest absolute Gasteiger partial charge is 0.165 e. The molecule has 0 fully saturated rings. The first-order chi connectivity index (χ1) is 10.7. The summed E-state index contributed by atoms with van der Waals surface area (Å²) in [6.07, 6.45) is 4.40. The second kappa shape index (κ2) is 5.00. The Kier molecular flexibility index (Phi) is 3.20. The van der Waals surface area contributed by atoms with E-state index >= 15 is 0 Å². The minimum absolute atomic E-state index is 0.187. The molecule has 4 heteroatoms. The van der Waals surface area contributed by atoms with E-state index in [1.807, 2.05) is 12.1 Å². The van der Waals surface area contributed by atoms with Crippen molar-refractivity contribution in [1.29, 1.82) is 0 Å². The Morgan fingerprint density at radius 1 is 1.36 bits per heavy atom. The van der Waals surface area contributed by atoms with Crippen molar-refractivity contribution in [3.8, 4) is 11.5 Å². The lowest BCUT2D eigenvalue weighted by molar-refractivity contribution is 0.0324. The molecule has 4 nitrogen and oxygen atoms in total.